The lowest BCUT2D eigenvalue weighted by Crippen LogP contribution is -2.29. The number of methoxy groups -OCH3 is 1. The van der Waals surface area contributed by atoms with E-state index in [1.54, 1.807) is 44.4 Å². The zero-order valence-electron chi connectivity index (χ0n) is 13.5. The van der Waals surface area contributed by atoms with E-state index in [0.29, 0.717) is 32.9 Å². The highest BCUT2D eigenvalue weighted by molar-refractivity contribution is 6.36. The third-order valence-electron chi connectivity index (χ3n) is 3.60. The van der Waals surface area contributed by atoms with Crippen LogP contribution in [0.3, 0.4) is 0 Å². The number of carbonyl (C=O) groups is 1. The van der Waals surface area contributed by atoms with E-state index in [0.717, 1.165) is 0 Å². The molecule has 1 aliphatic rings. The second kappa shape index (κ2) is 7.21. The fraction of sp³-hybridized carbons (Fsp3) is 0.176. The number of benzene rings is 2. The number of nitrogens with zero attached hydrogens (tertiary/aromatic N) is 4. The maximum atomic E-state index is 12.7. The van der Waals surface area contributed by atoms with Crippen molar-refractivity contribution < 1.29 is 9.53 Å². The molecule has 0 N–H and O–H groups in total. The Labute approximate surface area is 154 Å². The molecule has 6 nitrogen and oxygen atoms in total. The second-order valence-corrected chi connectivity index (χ2v) is 6.12. The van der Waals surface area contributed by atoms with Gasteiger partial charge in [-0.3, -0.25) is 4.79 Å². The molecule has 1 aliphatic heterocycles. The molecule has 128 valence electrons. The molecular weight excluding hydrogens is 363 g/mol. The van der Waals surface area contributed by atoms with Gasteiger partial charge in [0, 0.05) is 5.02 Å². The first-order valence-corrected chi connectivity index (χ1v) is 8.15. The van der Waals surface area contributed by atoms with E-state index in [9.17, 15) is 4.79 Å². The van der Waals surface area contributed by atoms with E-state index < -0.39 is 6.04 Å². The number of carbonyl (C=O) groups excluding carboxylic acids is 1. The maximum absolute atomic E-state index is 12.7. The van der Waals surface area contributed by atoms with Crippen molar-refractivity contribution in [3.05, 3.63) is 52.5 Å². The molecule has 0 bridgehead atoms. The Balaban J connectivity index is 1.88. The number of anilines is 1. The standard InChI is InChI=1S/C17H14Cl2N4O2/c1-10-16(21-20-13-5-3-4-6-15(13)25-2)17(24)23(22-10)14-9-11(18)7-8-12(14)19/h3-9,16H,1-2H3. The van der Waals surface area contributed by atoms with Gasteiger partial charge in [-0.2, -0.15) is 20.3 Å². The topological polar surface area (TPSA) is 66.6 Å². The summed E-state index contributed by atoms with van der Waals surface area (Å²) in [4.78, 5) is 12.7. The van der Waals surface area contributed by atoms with E-state index in [4.69, 9.17) is 27.9 Å². The molecule has 3 rings (SSSR count). The summed E-state index contributed by atoms with van der Waals surface area (Å²) in [5.41, 5.74) is 1.46. The van der Waals surface area contributed by atoms with Crippen molar-refractivity contribution >= 4 is 46.2 Å². The van der Waals surface area contributed by atoms with Crippen LogP contribution in [0, 0.1) is 0 Å². The van der Waals surface area contributed by atoms with Gasteiger partial charge in [-0.25, -0.2) is 0 Å². The predicted octanol–water partition coefficient (Wildman–Crippen LogP) is 4.88. The zero-order valence-corrected chi connectivity index (χ0v) is 15.0. The summed E-state index contributed by atoms with van der Waals surface area (Å²) >= 11 is 12.1. The van der Waals surface area contributed by atoms with Crippen LogP contribution in [0.4, 0.5) is 11.4 Å². The number of hydrazone groups is 1. The van der Waals surface area contributed by atoms with Crippen molar-refractivity contribution in [3.63, 3.8) is 0 Å². The molecule has 0 spiro atoms. The molecule has 1 unspecified atom stereocenters. The van der Waals surface area contributed by atoms with Crippen LogP contribution in [0.1, 0.15) is 6.92 Å². The van der Waals surface area contributed by atoms with E-state index in [-0.39, 0.29) is 5.91 Å². The SMILES string of the molecule is COc1ccccc1N=NC1C(=O)N(c2cc(Cl)ccc2Cl)N=C1C. The zero-order chi connectivity index (χ0) is 18.0. The van der Waals surface area contributed by atoms with E-state index in [2.05, 4.69) is 15.3 Å². The molecule has 0 saturated heterocycles. The number of halogens is 2. The van der Waals surface area contributed by atoms with Crippen LogP contribution in [0.15, 0.2) is 57.8 Å². The molecule has 0 fully saturated rings. The highest BCUT2D eigenvalue weighted by atomic mass is 35.5. The minimum atomic E-state index is -0.819. The molecule has 1 heterocycles. The third-order valence-corrected chi connectivity index (χ3v) is 4.15. The van der Waals surface area contributed by atoms with Crippen LogP contribution in [0.2, 0.25) is 10.0 Å². The van der Waals surface area contributed by atoms with Crippen LogP contribution >= 0.6 is 23.2 Å². The summed E-state index contributed by atoms with van der Waals surface area (Å²) in [6.45, 7) is 1.71. The number of azo groups is 1. The molecule has 1 atom stereocenters. The van der Waals surface area contributed by atoms with Gasteiger partial charge in [0.2, 0.25) is 0 Å². The lowest BCUT2D eigenvalue weighted by atomic mass is 10.2. The molecule has 2 aromatic carbocycles. The molecule has 0 aliphatic carbocycles. The monoisotopic (exact) mass is 376 g/mol. The summed E-state index contributed by atoms with van der Waals surface area (Å²) in [5, 5.41) is 14.6. The van der Waals surface area contributed by atoms with Crippen molar-refractivity contribution in [2.45, 2.75) is 13.0 Å². The van der Waals surface area contributed by atoms with Gasteiger partial charge in [-0.1, -0.05) is 35.3 Å². The van der Waals surface area contributed by atoms with Crippen molar-refractivity contribution in [3.8, 4) is 5.75 Å². The Morgan fingerprint density at radius 1 is 1.20 bits per heavy atom. The molecule has 0 aromatic heterocycles. The van der Waals surface area contributed by atoms with E-state index >= 15 is 0 Å². The number of para-hydroxylation sites is 1. The van der Waals surface area contributed by atoms with Crippen molar-refractivity contribution in [2.75, 3.05) is 12.1 Å². The lowest BCUT2D eigenvalue weighted by molar-refractivity contribution is -0.117. The number of ether oxygens (including phenoxy) is 1. The molecule has 25 heavy (non-hydrogen) atoms. The van der Waals surface area contributed by atoms with Crippen LogP contribution < -0.4 is 9.75 Å². The Bertz CT molecular complexity index is 883. The predicted molar refractivity (Wildman–Crippen MR) is 98.4 cm³/mol. The fourth-order valence-corrected chi connectivity index (χ4v) is 2.71. The summed E-state index contributed by atoms with van der Waals surface area (Å²) in [6.07, 6.45) is 0. The van der Waals surface area contributed by atoms with Gasteiger partial charge < -0.3 is 4.74 Å². The van der Waals surface area contributed by atoms with Gasteiger partial charge in [-0.15, -0.1) is 0 Å². The second-order valence-electron chi connectivity index (χ2n) is 5.28. The van der Waals surface area contributed by atoms with Crippen LogP contribution in [-0.2, 0) is 4.79 Å². The first kappa shape index (κ1) is 17.4. The molecular formula is C17H14Cl2N4O2. The van der Waals surface area contributed by atoms with Crippen LogP contribution in [0.5, 0.6) is 5.75 Å². The molecule has 2 aromatic rings. The minimum Gasteiger partial charge on any atom is -0.494 e. The summed E-state index contributed by atoms with van der Waals surface area (Å²) in [7, 11) is 1.55. The van der Waals surface area contributed by atoms with Gasteiger partial charge in [-0.05, 0) is 37.3 Å². The third kappa shape index (κ3) is 3.50. The smallest absolute Gasteiger partial charge is 0.280 e. The first-order chi connectivity index (χ1) is 12.0. The molecule has 0 saturated carbocycles. The van der Waals surface area contributed by atoms with Crippen molar-refractivity contribution in [1.29, 1.82) is 0 Å². The first-order valence-electron chi connectivity index (χ1n) is 7.39. The Hall–Kier alpha value is -2.44. The Morgan fingerprint density at radius 3 is 2.72 bits per heavy atom. The van der Waals surface area contributed by atoms with E-state index in [1.807, 2.05) is 12.1 Å². The number of rotatable bonds is 4. The van der Waals surface area contributed by atoms with Gasteiger partial charge in [0.05, 0.1) is 23.5 Å². The number of amides is 1. The quantitative estimate of drug-likeness (QED) is 0.713. The molecule has 1 amide bonds. The molecule has 0 radical (unpaired) electrons. The van der Waals surface area contributed by atoms with Gasteiger partial charge in [0.1, 0.15) is 11.4 Å². The van der Waals surface area contributed by atoms with Crippen molar-refractivity contribution in [2.24, 2.45) is 15.3 Å². The fourth-order valence-electron chi connectivity index (χ4n) is 2.34. The van der Waals surface area contributed by atoms with E-state index in [1.165, 1.54) is 5.01 Å². The minimum absolute atomic E-state index is 0.347. The largest absolute Gasteiger partial charge is 0.494 e. The summed E-state index contributed by atoms with van der Waals surface area (Å²) in [6, 6.07) is 11.2. The van der Waals surface area contributed by atoms with Gasteiger partial charge in [0.25, 0.3) is 5.91 Å². The lowest BCUT2D eigenvalue weighted by Gasteiger charge is -2.14. The number of hydrogen-bond acceptors (Lipinski definition) is 5. The normalized spacial score (nSPS) is 17.3. The summed E-state index contributed by atoms with van der Waals surface area (Å²) in [5.74, 6) is 0.223. The van der Waals surface area contributed by atoms with Crippen LogP contribution in [0.25, 0.3) is 0 Å². The average molecular weight is 377 g/mol. The number of hydrogen-bond donors (Lipinski definition) is 0. The highest BCUT2D eigenvalue weighted by Gasteiger charge is 2.35. The average Bonchev–Trinajstić information content (AvgIpc) is 2.89. The maximum Gasteiger partial charge on any atom is 0.280 e. The van der Waals surface area contributed by atoms with Crippen LogP contribution in [-0.4, -0.2) is 24.8 Å². The Kier molecular flexibility index (Phi) is 5.01. The highest BCUT2D eigenvalue weighted by Crippen LogP contribution is 2.33. The van der Waals surface area contributed by atoms with Gasteiger partial charge >= 0.3 is 0 Å². The summed E-state index contributed by atoms with van der Waals surface area (Å²) < 4.78 is 5.22. The molecule has 8 heteroatoms. The Morgan fingerprint density at radius 2 is 1.96 bits per heavy atom. The van der Waals surface area contributed by atoms with Gasteiger partial charge in [0.15, 0.2) is 6.04 Å². The van der Waals surface area contributed by atoms with Crippen molar-refractivity contribution in [1.82, 2.24) is 0 Å².